The van der Waals surface area contributed by atoms with E-state index in [0.717, 1.165) is 32.5 Å². The predicted octanol–water partition coefficient (Wildman–Crippen LogP) is 2.33. The third kappa shape index (κ3) is 2.83. The fraction of sp³-hybridized carbons (Fsp3) is 0.571. The van der Waals surface area contributed by atoms with Crippen molar-refractivity contribution in [3.8, 4) is 0 Å². The van der Waals surface area contributed by atoms with Gasteiger partial charge in [0, 0.05) is 12.5 Å². The lowest BCUT2D eigenvalue weighted by Gasteiger charge is -2.16. The summed E-state index contributed by atoms with van der Waals surface area (Å²) in [5.41, 5.74) is 2.66. The van der Waals surface area contributed by atoms with Gasteiger partial charge in [-0.25, -0.2) is 0 Å². The number of benzene rings is 1. The lowest BCUT2D eigenvalue weighted by molar-refractivity contribution is 0.0850. The van der Waals surface area contributed by atoms with E-state index in [9.17, 15) is 5.11 Å². The van der Waals surface area contributed by atoms with Crippen LogP contribution in [-0.2, 0) is 11.2 Å². The molecule has 1 aromatic carbocycles. The summed E-state index contributed by atoms with van der Waals surface area (Å²) in [4.78, 5) is 0. The smallest absolute Gasteiger partial charge is 0.0594 e. The highest BCUT2D eigenvalue weighted by Gasteiger charge is 2.23. The normalized spacial score (nSPS) is 22.2. The Morgan fingerprint density at radius 2 is 2.25 bits per heavy atom. The van der Waals surface area contributed by atoms with Gasteiger partial charge in [-0.2, -0.15) is 0 Å². The molecule has 2 unspecified atom stereocenters. The van der Waals surface area contributed by atoms with E-state index in [4.69, 9.17) is 4.74 Å². The number of aliphatic hydroxyl groups is 1. The molecule has 0 radical (unpaired) electrons. The zero-order valence-corrected chi connectivity index (χ0v) is 9.86. The van der Waals surface area contributed by atoms with Crippen molar-refractivity contribution in [3.05, 3.63) is 35.4 Å². The minimum absolute atomic E-state index is 0.206. The molecule has 0 amide bonds. The third-order valence-corrected chi connectivity index (χ3v) is 3.48. The van der Waals surface area contributed by atoms with Crippen LogP contribution < -0.4 is 0 Å². The second-order valence-electron chi connectivity index (χ2n) is 4.66. The first-order valence-corrected chi connectivity index (χ1v) is 6.07. The van der Waals surface area contributed by atoms with E-state index in [-0.39, 0.29) is 6.10 Å². The molecule has 1 aliphatic heterocycles. The molecule has 2 heteroatoms. The molecule has 2 nitrogen and oxygen atoms in total. The summed E-state index contributed by atoms with van der Waals surface area (Å²) in [5.74, 6) is 0.351. The molecule has 0 spiro atoms. The average Bonchev–Trinajstić information content (AvgIpc) is 2.81. The van der Waals surface area contributed by atoms with Crippen molar-refractivity contribution in [2.45, 2.75) is 32.3 Å². The van der Waals surface area contributed by atoms with Gasteiger partial charge in [-0.3, -0.25) is 0 Å². The van der Waals surface area contributed by atoms with Gasteiger partial charge in [0.1, 0.15) is 0 Å². The second kappa shape index (κ2) is 5.46. The van der Waals surface area contributed by atoms with Crippen LogP contribution in [0, 0.1) is 12.8 Å². The van der Waals surface area contributed by atoms with E-state index >= 15 is 0 Å². The Morgan fingerprint density at radius 1 is 1.44 bits per heavy atom. The molecular formula is C14H20O2. The van der Waals surface area contributed by atoms with Crippen LogP contribution in [-0.4, -0.2) is 24.4 Å². The summed E-state index contributed by atoms with van der Waals surface area (Å²) in [6.07, 6.45) is 2.61. The fourth-order valence-corrected chi connectivity index (χ4v) is 2.29. The van der Waals surface area contributed by atoms with Gasteiger partial charge in [-0.1, -0.05) is 24.3 Å². The van der Waals surface area contributed by atoms with E-state index in [0.29, 0.717) is 5.92 Å². The van der Waals surface area contributed by atoms with Crippen LogP contribution in [0.5, 0.6) is 0 Å². The Morgan fingerprint density at radius 3 is 2.94 bits per heavy atom. The molecule has 16 heavy (non-hydrogen) atoms. The van der Waals surface area contributed by atoms with E-state index in [1.165, 1.54) is 11.1 Å². The molecule has 0 aliphatic carbocycles. The number of hydrogen-bond donors (Lipinski definition) is 1. The van der Waals surface area contributed by atoms with Crippen LogP contribution in [0.1, 0.15) is 24.0 Å². The molecule has 0 saturated carbocycles. The Kier molecular flexibility index (Phi) is 3.97. The molecule has 0 aromatic heterocycles. The molecule has 1 heterocycles. The average molecular weight is 220 g/mol. The maximum Gasteiger partial charge on any atom is 0.0594 e. The van der Waals surface area contributed by atoms with E-state index < -0.39 is 0 Å². The quantitative estimate of drug-likeness (QED) is 0.844. The first-order chi connectivity index (χ1) is 7.77. The van der Waals surface area contributed by atoms with Crippen molar-refractivity contribution in [1.29, 1.82) is 0 Å². The van der Waals surface area contributed by atoms with Crippen LogP contribution in [0.15, 0.2) is 24.3 Å². The summed E-state index contributed by atoms with van der Waals surface area (Å²) < 4.78 is 5.29. The molecule has 2 atom stereocenters. The number of hydrogen-bond acceptors (Lipinski definition) is 2. The van der Waals surface area contributed by atoms with Gasteiger partial charge in [-0.05, 0) is 37.3 Å². The molecule has 88 valence electrons. The van der Waals surface area contributed by atoms with E-state index in [1.807, 2.05) is 0 Å². The van der Waals surface area contributed by atoms with Crippen LogP contribution >= 0.6 is 0 Å². The van der Waals surface area contributed by atoms with Crippen LogP contribution in [0.3, 0.4) is 0 Å². The largest absolute Gasteiger partial charge is 0.393 e. The van der Waals surface area contributed by atoms with Gasteiger partial charge in [0.25, 0.3) is 0 Å². The van der Waals surface area contributed by atoms with Gasteiger partial charge in [-0.15, -0.1) is 0 Å². The summed E-state index contributed by atoms with van der Waals surface area (Å²) >= 11 is 0. The van der Waals surface area contributed by atoms with Gasteiger partial charge < -0.3 is 9.84 Å². The standard InChI is InChI=1S/C14H20O2/c1-11-4-2-3-5-12(11)6-7-14(15)13-8-9-16-10-13/h2-5,13-15H,6-10H2,1H3. The highest BCUT2D eigenvalue weighted by Crippen LogP contribution is 2.21. The van der Waals surface area contributed by atoms with Gasteiger partial charge in [0.2, 0.25) is 0 Å². The van der Waals surface area contributed by atoms with Crippen LogP contribution in [0.2, 0.25) is 0 Å². The molecule has 1 N–H and O–H groups in total. The van der Waals surface area contributed by atoms with Crippen LogP contribution in [0.4, 0.5) is 0 Å². The number of rotatable bonds is 4. The zero-order valence-electron chi connectivity index (χ0n) is 9.86. The minimum Gasteiger partial charge on any atom is -0.393 e. The van der Waals surface area contributed by atoms with Crippen molar-refractivity contribution in [2.24, 2.45) is 5.92 Å². The monoisotopic (exact) mass is 220 g/mol. The summed E-state index contributed by atoms with van der Waals surface area (Å²) in [6, 6.07) is 8.39. The molecule has 1 aromatic rings. The molecule has 0 bridgehead atoms. The Hall–Kier alpha value is -0.860. The highest BCUT2D eigenvalue weighted by molar-refractivity contribution is 5.25. The SMILES string of the molecule is Cc1ccccc1CCC(O)C1CCOC1. The Labute approximate surface area is 97.3 Å². The number of aliphatic hydroxyl groups excluding tert-OH is 1. The maximum absolute atomic E-state index is 10.0. The van der Waals surface area contributed by atoms with Crippen molar-refractivity contribution >= 4 is 0 Å². The first-order valence-electron chi connectivity index (χ1n) is 6.07. The van der Waals surface area contributed by atoms with Crippen molar-refractivity contribution in [2.75, 3.05) is 13.2 Å². The van der Waals surface area contributed by atoms with Gasteiger partial charge >= 0.3 is 0 Å². The molecule has 1 aliphatic rings. The lowest BCUT2D eigenvalue weighted by Crippen LogP contribution is -2.21. The Bertz CT molecular complexity index is 329. The van der Waals surface area contributed by atoms with Crippen molar-refractivity contribution in [1.82, 2.24) is 0 Å². The second-order valence-corrected chi connectivity index (χ2v) is 4.66. The van der Waals surface area contributed by atoms with Crippen molar-refractivity contribution in [3.63, 3.8) is 0 Å². The van der Waals surface area contributed by atoms with E-state index in [1.54, 1.807) is 0 Å². The topological polar surface area (TPSA) is 29.5 Å². The van der Waals surface area contributed by atoms with Crippen molar-refractivity contribution < 1.29 is 9.84 Å². The Balaban J connectivity index is 1.84. The highest BCUT2D eigenvalue weighted by atomic mass is 16.5. The van der Waals surface area contributed by atoms with E-state index in [2.05, 4.69) is 31.2 Å². The molecule has 1 saturated heterocycles. The summed E-state index contributed by atoms with van der Waals surface area (Å²) in [7, 11) is 0. The predicted molar refractivity (Wildman–Crippen MR) is 64.4 cm³/mol. The fourth-order valence-electron chi connectivity index (χ4n) is 2.29. The summed E-state index contributed by atoms with van der Waals surface area (Å²) in [5, 5.41) is 10.0. The first kappa shape index (κ1) is 11.6. The number of aryl methyl sites for hydroxylation is 2. The van der Waals surface area contributed by atoms with Crippen LogP contribution in [0.25, 0.3) is 0 Å². The maximum atomic E-state index is 10.0. The lowest BCUT2D eigenvalue weighted by atomic mass is 9.94. The van der Waals surface area contributed by atoms with Gasteiger partial charge in [0.15, 0.2) is 0 Å². The molecule has 1 fully saturated rings. The zero-order chi connectivity index (χ0) is 11.4. The molecular weight excluding hydrogens is 200 g/mol. The minimum atomic E-state index is -0.206. The summed E-state index contributed by atoms with van der Waals surface area (Å²) in [6.45, 7) is 3.67. The van der Waals surface area contributed by atoms with Gasteiger partial charge in [0.05, 0.1) is 12.7 Å². The third-order valence-electron chi connectivity index (χ3n) is 3.48. The number of ether oxygens (including phenoxy) is 1. The molecule has 2 rings (SSSR count).